The quantitative estimate of drug-likeness (QED) is 0.353. The number of nitrogens with one attached hydrogen (secondary N) is 1. The number of thiophene rings is 1. The van der Waals surface area contributed by atoms with Crippen LogP contribution < -0.4 is 5.32 Å². The molecule has 8 nitrogen and oxygen atoms in total. The van der Waals surface area contributed by atoms with Crippen LogP contribution in [0.1, 0.15) is 86.7 Å². The number of amides is 2. The molecule has 3 aromatic heterocycles. The molecule has 5 heterocycles. The Hall–Kier alpha value is -3.92. The van der Waals surface area contributed by atoms with Gasteiger partial charge in [0.25, 0.3) is 11.8 Å². The average Bonchev–Trinajstić information content (AvgIpc) is 3.75. The highest BCUT2D eigenvalue weighted by Gasteiger charge is 2.44. The number of hydrogen-bond donors (Lipinski definition) is 1. The molecule has 4 aromatic rings. The third kappa shape index (κ3) is 3.80. The van der Waals surface area contributed by atoms with Gasteiger partial charge in [0.2, 0.25) is 11.8 Å². The van der Waals surface area contributed by atoms with E-state index in [2.05, 4.69) is 15.5 Å². The molecule has 0 unspecified atom stereocenters. The molecule has 2 atom stereocenters. The van der Waals surface area contributed by atoms with E-state index in [4.69, 9.17) is 9.40 Å². The number of carbonyl (C=O) groups excluding carboxylic acids is 2. The number of fused-ring (bicyclic) bond motifs is 4. The number of aromatic nitrogens is 3. The Morgan fingerprint density at radius 2 is 2.05 bits per heavy atom. The zero-order valence-electron chi connectivity index (χ0n) is 21.6. The number of aryl methyl sites for hydroxylation is 3. The van der Waals surface area contributed by atoms with Crippen LogP contribution in [-0.2, 0) is 12.8 Å². The number of hydrogen-bond acceptors (Lipinski definition) is 7. The third-order valence-corrected chi connectivity index (χ3v) is 9.08. The van der Waals surface area contributed by atoms with Gasteiger partial charge in [0.05, 0.1) is 39.5 Å². The second-order valence-corrected chi connectivity index (χ2v) is 11.4. The van der Waals surface area contributed by atoms with Gasteiger partial charge in [-0.15, -0.1) is 21.5 Å². The predicted octanol–water partition coefficient (Wildman–Crippen LogP) is 5.58. The van der Waals surface area contributed by atoms with Gasteiger partial charge in [0, 0.05) is 23.9 Å². The molecule has 0 radical (unpaired) electrons. The van der Waals surface area contributed by atoms with Crippen LogP contribution in [0.15, 0.2) is 34.7 Å². The number of nitrogens with zero attached hydrogens (tertiary/aromatic N) is 4. The first-order chi connectivity index (χ1) is 18.9. The Kier molecular flexibility index (Phi) is 5.62. The highest BCUT2D eigenvalue weighted by atomic mass is 32.1. The Labute approximate surface area is 228 Å². The molecule has 0 saturated carbocycles. The van der Waals surface area contributed by atoms with E-state index in [9.17, 15) is 14.0 Å². The topological polar surface area (TPSA) is 101 Å². The molecule has 7 rings (SSSR count). The summed E-state index contributed by atoms with van der Waals surface area (Å²) >= 11 is 1.33. The lowest BCUT2D eigenvalue weighted by molar-refractivity contribution is 0.0776. The zero-order valence-corrected chi connectivity index (χ0v) is 22.4. The van der Waals surface area contributed by atoms with Crippen molar-refractivity contribution in [1.29, 1.82) is 0 Å². The van der Waals surface area contributed by atoms with Crippen molar-refractivity contribution in [3.05, 3.63) is 75.0 Å². The van der Waals surface area contributed by atoms with Crippen LogP contribution in [0.3, 0.4) is 0 Å². The minimum atomic E-state index is -0.262. The molecular weight excluding hydrogens is 517 g/mol. The van der Waals surface area contributed by atoms with Crippen molar-refractivity contribution < 1.29 is 18.4 Å². The molecular formula is C29H26FN5O3S. The fourth-order valence-corrected chi connectivity index (χ4v) is 7.21. The molecule has 2 aliphatic heterocycles. The summed E-state index contributed by atoms with van der Waals surface area (Å²) in [6, 6.07) is 8.22. The molecule has 0 bridgehead atoms. The number of rotatable bonds is 5. The summed E-state index contributed by atoms with van der Waals surface area (Å²) in [5.41, 5.74) is 5.44. The summed E-state index contributed by atoms with van der Waals surface area (Å²) in [5.74, 6) is 0.251. The molecule has 2 amide bonds. The van der Waals surface area contributed by atoms with Gasteiger partial charge in [-0.25, -0.2) is 4.39 Å². The molecule has 1 N–H and O–H groups in total. The second-order valence-electron chi connectivity index (χ2n) is 10.3. The SMILES string of the molecule is CCc1nc2c(c(-c3ccc(C(=O)N[C@@H]4CCc5cc(F)ccc54)s3)c1-c1nnc(C)o1)C(=O)N1CCC[C@H]21. The van der Waals surface area contributed by atoms with Crippen molar-refractivity contribution in [2.24, 2.45) is 0 Å². The van der Waals surface area contributed by atoms with Crippen molar-refractivity contribution in [3.8, 4) is 21.9 Å². The maximum absolute atomic E-state index is 13.7. The van der Waals surface area contributed by atoms with E-state index in [0.717, 1.165) is 53.1 Å². The summed E-state index contributed by atoms with van der Waals surface area (Å²) in [4.78, 5) is 35.2. The van der Waals surface area contributed by atoms with Crippen molar-refractivity contribution in [1.82, 2.24) is 25.4 Å². The summed E-state index contributed by atoms with van der Waals surface area (Å²) < 4.78 is 19.5. The van der Waals surface area contributed by atoms with Crippen LogP contribution in [0, 0.1) is 12.7 Å². The predicted molar refractivity (Wildman–Crippen MR) is 143 cm³/mol. The monoisotopic (exact) mass is 543 g/mol. The fourth-order valence-electron chi connectivity index (χ4n) is 6.24. The summed E-state index contributed by atoms with van der Waals surface area (Å²) in [7, 11) is 0. The minimum absolute atomic E-state index is 0.0231. The largest absolute Gasteiger partial charge is 0.421 e. The molecule has 1 fully saturated rings. The van der Waals surface area contributed by atoms with E-state index in [1.165, 1.54) is 17.4 Å². The van der Waals surface area contributed by atoms with Crippen LogP contribution in [0.4, 0.5) is 4.39 Å². The van der Waals surface area contributed by atoms with Crippen LogP contribution in [0.5, 0.6) is 0 Å². The Morgan fingerprint density at radius 1 is 1.18 bits per heavy atom. The van der Waals surface area contributed by atoms with E-state index < -0.39 is 0 Å². The molecule has 0 spiro atoms. The Morgan fingerprint density at radius 3 is 2.85 bits per heavy atom. The number of halogens is 1. The van der Waals surface area contributed by atoms with Gasteiger partial charge < -0.3 is 14.6 Å². The lowest BCUT2D eigenvalue weighted by Crippen LogP contribution is -2.26. The smallest absolute Gasteiger partial charge is 0.261 e. The van der Waals surface area contributed by atoms with Crippen LogP contribution in [0.25, 0.3) is 21.9 Å². The number of benzene rings is 1. The Balaban J connectivity index is 1.31. The molecule has 39 heavy (non-hydrogen) atoms. The fraction of sp³-hybridized carbons (Fsp3) is 0.345. The minimum Gasteiger partial charge on any atom is -0.421 e. The summed E-state index contributed by atoms with van der Waals surface area (Å²) in [6.07, 6.45) is 3.92. The van der Waals surface area contributed by atoms with Crippen molar-refractivity contribution >= 4 is 23.2 Å². The second kappa shape index (κ2) is 9.08. The van der Waals surface area contributed by atoms with Crippen molar-refractivity contribution in [2.75, 3.05) is 6.54 Å². The maximum atomic E-state index is 13.7. The van der Waals surface area contributed by atoms with Crippen LogP contribution in [-0.4, -0.2) is 38.4 Å². The van der Waals surface area contributed by atoms with Gasteiger partial charge in [0.1, 0.15) is 5.82 Å². The molecule has 3 aliphatic rings. The third-order valence-electron chi connectivity index (χ3n) is 7.98. The van der Waals surface area contributed by atoms with E-state index in [1.54, 1.807) is 25.1 Å². The molecule has 1 saturated heterocycles. The van der Waals surface area contributed by atoms with Gasteiger partial charge in [0.15, 0.2) is 0 Å². The highest BCUT2D eigenvalue weighted by molar-refractivity contribution is 7.17. The number of pyridine rings is 1. The summed E-state index contributed by atoms with van der Waals surface area (Å²) in [6.45, 7) is 4.46. The number of carbonyl (C=O) groups is 2. The van der Waals surface area contributed by atoms with E-state index in [-0.39, 0.29) is 29.7 Å². The van der Waals surface area contributed by atoms with E-state index in [1.807, 2.05) is 17.9 Å². The standard InChI is InChI=1S/C29H26FN5O3S/c1-3-18-23(28-34-33-14(2)38-28)24(25-26(31-18)20-5-4-12-35(20)29(25)37)21-10-11-22(39-21)27(36)32-19-9-6-15-13-16(30)7-8-17(15)19/h7-8,10-11,13,19-20H,3-6,9,12H2,1-2H3,(H,32,36)/t19-,20-/m1/s1. The van der Waals surface area contributed by atoms with E-state index in [0.29, 0.717) is 46.3 Å². The van der Waals surface area contributed by atoms with Crippen molar-refractivity contribution in [2.45, 2.75) is 58.0 Å². The average molecular weight is 544 g/mol. The van der Waals surface area contributed by atoms with Crippen LogP contribution >= 0.6 is 11.3 Å². The first-order valence-corrected chi connectivity index (χ1v) is 14.1. The molecule has 1 aromatic carbocycles. The molecule has 10 heteroatoms. The van der Waals surface area contributed by atoms with Gasteiger partial charge in [-0.05, 0) is 67.5 Å². The lowest BCUT2D eigenvalue weighted by Gasteiger charge is -2.15. The maximum Gasteiger partial charge on any atom is 0.261 e. The van der Waals surface area contributed by atoms with Gasteiger partial charge in [-0.3, -0.25) is 14.6 Å². The first kappa shape index (κ1) is 24.1. The Bertz CT molecular complexity index is 1660. The van der Waals surface area contributed by atoms with Crippen molar-refractivity contribution in [3.63, 3.8) is 0 Å². The van der Waals surface area contributed by atoms with Gasteiger partial charge in [-0.2, -0.15) is 0 Å². The van der Waals surface area contributed by atoms with Crippen LogP contribution in [0.2, 0.25) is 0 Å². The highest BCUT2D eigenvalue weighted by Crippen LogP contribution is 2.49. The molecule has 198 valence electrons. The van der Waals surface area contributed by atoms with E-state index >= 15 is 0 Å². The van der Waals surface area contributed by atoms with Gasteiger partial charge in [-0.1, -0.05) is 13.0 Å². The lowest BCUT2D eigenvalue weighted by atomic mass is 9.94. The molecule has 1 aliphatic carbocycles. The summed E-state index contributed by atoms with van der Waals surface area (Å²) in [5, 5.41) is 11.4. The van der Waals surface area contributed by atoms with Gasteiger partial charge >= 0.3 is 0 Å². The zero-order chi connectivity index (χ0) is 26.8. The first-order valence-electron chi connectivity index (χ1n) is 13.3. The normalized spacial score (nSPS) is 19.4.